The molecule has 38 heavy (non-hydrogen) atoms. The fraction of sp³-hybridized carbons (Fsp3) is 0.233. The maximum atomic E-state index is 13.9. The number of likely N-dealkylation sites (tertiary alicyclic amines) is 1. The van der Waals surface area contributed by atoms with Crippen molar-refractivity contribution in [3.05, 3.63) is 88.8 Å². The molecule has 0 spiro atoms. The molecule has 1 saturated heterocycles. The van der Waals surface area contributed by atoms with E-state index in [0.717, 1.165) is 27.5 Å². The standard InChI is InChI=1S/C30H28N4O4/c1-37-20-11-12-22(28(17-20)38-2)26-18-23(21-7-3-4-8-24(21)31-26)29(35)33-15-13-19(14-16-33)34-27-10-6-5-9-25(27)32-30(34)36/h3-12,17-19H,13-16H2,1-2H3,(H,32,36). The van der Waals surface area contributed by atoms with Crippen molar-refractivity contribution in [2.45, 2.75) is 18.9 Å². The van der Waals surface area contributed by atoms with Crippen LogP contribution >= 0.6 is 0 Å². The molecular formula is C30H28N4O4. The Morgan fingerprint density at radius 3 is 2.50 bits per heavy atom. The van der Waals surface area contributed by atoms with Crippen molar-refractivity contribution in [2.75, 3.05) is 27.3 Å². The number of carbonyl (C=O) groups excluding carboxylic acids is 1. The molecule has 3 heterocycles. The molecule has 1 aliphatic rings. The molecule has 192 valence electrons. The van der Waals surface area contributed by atoms with Crippen molar-refractivity contribution < 1.29 is 14.3 Å². The van der Waals surface area contributed by atoms with E-state index in [0.29, 0.717) is 48.7 Å². The third-order valence-corrected chi connectivity index (χ3v) is 7.37. The predicted molar refractivity (Wildman–Crippen MR) is 147 cm³/mol. The van der Waals surface area contributed by atoms with Gasteiger partial charge in [-0.3, -0.25) is 9.36 Å². The number of amides is 1. The lowest BCUT2D eigenvalue weighted by Gasteiger charge is -2.33. The Hall–Kier alpha value is -4.59. The van der Waals surface area contributed by atoms with Gasteiger partial charge in [0.1, 0.15) is 11.5 Å². The summed E-state index contributed by atoms with van der Waals surface area (Å²) in [5.41, 5.74) is 4.42. The summed E-state index contributed by atoms with van der Waals surface area (Å²) < 4.78 is 12.8. The molecule has 0 atom stereocenters. The van der Waals surface area contributed by atoms with Crippen molar-refractivity contribution in [2.24, 2.45) is 0 Å². The molecule has 0 radical (unpaired) electrons. The second kappa shape index (κ2) is 9.70. The molecule has 3 aromatic carbocycles. The lowest BCUT2D eigenvalue weighted by atomic mass is 10.00. The number of nitrogens with one attached hydrogen (secondary N) is 1. The second-order valence-corrected chi connectivity index (χ2v) is 9.48. The summed E-state index contributed by atoms with van der Waals surface area (Å²) in [6.45, 7) is 1.13. The SMILES string of the molecule is COc1ccc(-c2cc(C(=O)N3CCC(n4c(=O)[nH]c5ccccc54)CC3)c3ccccc3n2)c(OC)c1. The fourth-order valence-electron chi connectivity index (χ4n) is 5.43. The maximum absolute atomic E-state index is 13.9. The lowest BCUT2D eigenvalue weighted by Crippen LogP contribution is -2.40. The van der Waals surface area contributed by atoms with Crippen molar-refractivity contribution >= 4 is 27.8 Å². The first kappa shape index (κ1) is 23.8. The van der Waals surface area contributed by atoms with Crippen molar-refractivity contribution in [1.29, 1.82) is 0 Å². The Balaban J connectivity index is 1.32. The molecule has 1 amide bonds. The number of carbonyl (C=O) groups is 1. The Kier molecular flexibility index (Phi) is 6.07. The van der Waals surface area contributed by atoms with Crippen LogP contribution in [-0.4, -0.2) is 52.7 Å². The highest BCUT2D eigenvalue weighted by molar-refractivity contribution is 6.07. The average Bonchev–Trinajstić information content (AvgIpc) is 3.31. The van der Waals surface area contributed by atoms with Crippen LogP contribution in [0.2, 0.25) is 0 Å². The molecule has 0 bridgehead atoms. The summed E-state index contributed by atoms with van der Waals surface area (Å²) in [5, 5.41) is 0.809. The van der Waals surface area contributed by atoms with E-state index in [-0.39, 0.29) is 17.6 Å². The van der Waals surface area contributed by atoms with Crippen LogP contribution in [0.15, 0.2) is 77.6 Å². The second-order valence-electron chi connectivity index (χ2n) is 9.48. The van der Waals surface area contributed by atoms with Crippen molar-refractivity contribution in [3.8, 4) is 22.8 Å². The number of benzene rings is 3. The molecule has 0 aliphatic carbocycles. The minimum absolute atomic E-state index is 0.0380. The summed E-state index contributed by atoms with van der Waals surface area (Å²) in [7, 11) is 3.21. The quantitative estimate of drug-likeness (QED) is 0.359. The van der Waals surface area contributed by atoms with E-state index in [4.69, 9.17) is 14.5 Å². The number of imidazole rings is 1. The fourth-order valence-corrected chi connectivity index (χ4v) is 5.43. The highest BCUT2D eigenvalue weighted by Gasteiger charge is 2.28. The average molecular weight is 509 g/mol. The Labute approximate surface area is 219 Å². The van der Waals surface area contributed by atoms with Gasteiger partial charge in [-0.25, -0.2) is 9.78 Å². The highest BCUT2D eigenvalue weighted by atomic mass is 16.5. The summed E-state index contributed by atoms with van der Waals surface area (Å²) in [6.07, 6.45) is 1.41. The molecule has 8 heteroatoms. The van der Waals surface area contributed by atoms with E-state index < -0.39 is 0 Å². The number of aromatic amines is 1. The van der Waals surface area contributed by atoms with Gasteiger partial charge >= 0.3 is 5.69 Å². The van der Waals surface area contributed by atoms with E-state index in [1.807, 2.05) is 82.3 Å². The third-order valence-electron chi connectivity index (χ3n) is 7.37. The van der Waals surface area contributed by atoms with Crippen LogP contribution in [0.3, 0.4) is 0 Å². The van der Waals surface area contributed by atoms with Crippen LogP contribution in [0.25, 0.3) is 33.2 Å². The van der Waals surface area contributed by atoms with Gasteiger partial charge in [-0.2, -0.15) is 0 Å². The van der Waals surface area contributed by atoms with Gasteiger partial charge in [0.2, 0.25) is 0 Å². The number of pyridine rings is 1. The number of H-pyrrole nitrogens is 1. The monoisotopic (exact) mass is 508 g/mol. The van der Waals surface area contributed by atoms with E-state index >= 15 is 0 Å². The van der Waals surface area contributed by atoms with E-state index in [2.05, 4.69) is 4.98 Å². The molecule has 2 aromatic heterocycles. The number of fused-ring (bicyclic) bond motifs is 2. The molecule has 1 aliphatic heterocycles. The van der Waals surface area contributed by atoms with Crippen LogP contribution in [0.1, 0.15) is 29.2 Å². The number of para-hydroxylation sites is 3. The minimum Gasteiger partial charge on any atom is -0.497 e. The molecule has 1 fully saturated rings. The van der Waals surface area contributed by atoms with Gasteiger partial charge in [0.25, 0.3) is 5.91 Å². The van der Waals surface area contributed by atoms with E-state index in [1.165, 1.54) is 0 Å². The van der Waals surface area contributed by atoms with Crippen LogP contribution in [-0.2, 0) is 0 Å². The number of piperidine rings is 1. The van der Waals surface area contributed by atoms with Crippen LogP contribution in [0.5, 0.6) is 11.5 Å². The molecule has 6 rings (SSSR count). The van der Waals surface area contributed by atoms with Gasteiger partial charge in [0, 0.05) is 36.1 Å². The van der Waals surface area contributed by atoms with Gasteiger partial charge in [-0.05, 0) is 49.2 Å². The summed E-state index contributed by atoms with van der Waals surface area (Å²) in [4.78, 5) is 36.3. The molecular weight excluding hydrogens is 480 g/mol. The summed E-state index contributed by atoms with van der Waals surface area (Å²) >= 11 is 0. The molecule has 8 nitrogen and oxygen atoms in total. The first-order valence-corrected chi connectivity index (χ1v) is 12.7. The van der Waals surface area contributed by atoms with Crippen LogP contribution in [0.4, 0.5) is 0 Å². The van der Waals surface area contributed by atoms with Gasteiger partial charge in [-0.15, -0.1) is 0 Å². The Bertz CT molecular complexity index is 1710. The molecule has 5 aromatic rings. The zero-order valence-electron chi connectivity index (χ0n) is 21.3. The van der Waals surface area contributed by atoms with Crippen LogP contribution in [0, 0.1) is 0 Å². The molecule has 0 saturated carbocycles. The van der Waals surface area contributed by atoms with Crippen molar-refractivity contribution in [1.82, 2.24) is 19.4 Å². The predicted octanol–water partition coefficient (Wildman–Crippen LogP) is 5.04. The Morgan fingerprint density at radius 1 is 0.947 bits per heavy atom. The number of ether oxygens (including phenoxy) is 2. The lowest BCUT2D eigenvalue weighted by molar-refractivity contribution is 0.0697. The zero-order valence-corrected chi connectivity index (χ0v) is 21.3. The highest BCUT2D eigenvalue weighted by Crippen LogP contribution is 2.35. The zero-order chi connectivity index (χ0) is 26.2. The summed E-state index contributed by atoms with van der Waals surface area (Å²) in [5.74, 6) is 1.26. The van der Waals surface area contributed by atoms with Crippen molar-refractivity contribution in [3.63, 3.8) is 0 Å². The summed E-state index contributed by atoms with van der Waals surface area (Å²) in [6, 6.07) is 22.9. The number of aromatic nitrogens is 3. The minimum atomic E-state index is -0.103. The van der Waals surface area contributed by atoms with Crippen LogP contribution < -0.4 is 15.2 Å². The van der Waals surface area contributed by atoms with E-state index in [1.54, 1.807) is 14.2 Å². The normalized spacial score (nSPS) is 14.2. The largest absolute Gasteiger partial charge is 0.497 e. The first-order valence-electron chi connectivity index (χ1n) is 12.7. The number of hydrogen-bond donors (Lipinski definition) is 1. The topological polar surface area (TPSA) is 89.5 Å². The smallest absolute Gasteiger partial charge is 0.326 e. The molecule has 1 N–H and O–H groups in total. The number of methoxy groups -OCH3 is 2. The Morgan fingerprint density at radius 2 is 1.71 bits per heavy atom. The number of rotatable bonds is 5. The molecule has 0 unspecified atom stereocenters. The van der Waals surface area contributed by atoms with Gasteiger partial charge in [0.15, 0.2) is 0 Å². The first-order chi connectivity index (χ1) is 18.6. The van der Waals surface area contributed by atoms with E-state index in [9.17, 15) is 9.59 Å². The third kappa shape index (κ3) is 4.08. The number of hydrogen-bond acceptors (Lipinski definition) is 5. The van der Waals surface area contributed by atoms with Gasteiger partial charge in [0.05, 0.1) is 42.0 Å². The maximum Gasteiger partial charge on any atom is 0.326 e. The van der Waals surface area contributed by atoms with Gasteiger partial charge in [-0.1, -0.05) is 30.3 Å². The van der Waals surface area contributed by atoms with Gasteiger partial charge < -0.3 is 19.4 Å². The number of nitrogens with zero attached hydrogens (tertiary/aromatic N) is 3.